The van der Waals surface area contributed by atoms with Crippen LogP contribution in [-0.2, 0) is 29.1 Å². The third-order valence-corrected chi connectivity index (χ3v) is 7.21. The van der Waals surface area contributed by atoms with Crippen LogP contribution in [0.4, 0.5) is 0 Å². The van der Waals surface area contributed by atoms with Crippen molar-refractivity contribution in [2.75, 3.05) is 0 Å². The SMILES string of the molecule is CCc1cc2c(-c3ccccc3)cccc2[cH-]1.CCc1cc2c(-c3ccccc3)cccc2[cH-]1.Cl.Cl.[CH3-].[Si]=[V].[c-]1ccccc1. The van der Waals surface area contributed by atoms with Gasteiger partial charge >= 0.3 is 24.4 Å². The van der Waals surface area contributed by atoms with E-state index in [1.54, 1.807) is 0 Å². The van der Waals surface area contributed by atoms with Gasteiger partial charge in [-0.05, 0) is 24.0 Å². The van der Waals surface area contributed by atoms with Gasteiger partial charge in [0.15, 0.2) is 0 Å². The van der Waals surface area contributed by atoms with Crippen LogP contribution in [0.15, 0.2) is 152 Å². The van der Waals surface area contributed by atoms with Gasteiger partial charge in [-0.2, -0.15) is 48.5 Å². The summed E-state index contributed by atoms with van der Waals surface area (Å²) >= 11 is 2.12. The summed E-state index contributed by atoms with van der Waals surface area (Å²) < 4.78 is 0. The number of hydrogen-bond donors (Lipinski definition) is 0. The summed E-state index contributed by atoms with van der Waals surface area (Å²) in [4.78, 5) is 0. The predicted molar refractivity (Wildman–Crippen MR) is 201 cm³/mol. The van der Waals surface area contributed by atoms with Crippen LogP contribution in [0, 0.1) is 13.5 Å². The number of aryl methyl sites for hydroxylation is 2. The van der Waals surface area contributed by atoms with Crippen molar-refractivity contribution in [3.8, 4) is 22.3 Å². The molecule has 0 bridgehead atoms. The average Bonchev–Trinajstić information content (AvgIpc) is 3.72. The van der Waals surface area contributed by atoms with Crippen molar-refractivity contribution in [2.45, 2.75) is 26.7 Å². The fraction of sp³-hybridized carbons (Fsp3) is 0.0976. The largest absolute Gasteiger partial charge is 0.184 e. The zero-order valence-corrected chi connectivity index (χ0v) is 30.1. The Kier molecular flexibility index (Phi) is 18.9. The molecule has 0 saturated heterocycles. The molecule has 7 aromatic rings. The molecule has 231 valence electrons. The maximum atomic E-state index is 2.91. The summed E-state index contributed by atoms with van der Waals surface area (Å²) in [5, 5.41) is 5.44. The second-order valence-electron chi connectivity index (χ2n) is 9.86. The first kappa shape index (κ1) is 39.7. The van der Waals surface area contributed by atoms with Gasteiger partial charge in [-0.15, -0.1) is 93.9 Å². The normalized spacial score (nSPS) is 9.36. The van der Waals surface area contributed by atoms with Crippen LogP contribution >= 0.6 is 24.8 Å². The van der Waals surface area contributed by atoms with E-state index < -0.39 is 0 Å². The molecular formula is C41H40Cl2SiV-4. The second-order valence-corrected chi connectivity index (χ2v) is 9.86. The molecule has 0 aromatic heterocycles. The van der Waals surface area contributed by atoms with Gasteiger partial charge in [-0.25, -0.2) is 0 Å². The molecule has 0 atom stereocenters. The van der Waals surface area contributed by atoms with Crippen molar-refractivity contribution in [3.05, 3.63) is 176 Å². The maximum Gasteiger partial charge on any atom is -0.171 e. The Balaban J connectivity index is 0.000000345. The Morgan fingerprint density at radius 1 is 0.533 bits per heavy atom. The number of rotatable bonds is 4. The summed E-state index contributed by atoms with van der Waals surface area (Å²) in [6, 6.07) is 56.0. The molecule has 0 aliphatic carbocycles. The van der Waals surface area contributed by atoms with Gasteiger partial charge < -0.3 is 7.43 Å². The number of fused-ring (bicyclic) bond motifs is 2. The summed E-state index contributed by atoms with van der Waals surface area (Å²) in [7, 11) is 2.91. The minimum atomic E-state index is 0. The van der Waals surface area contributed by atoms with Gasteiger partial charge in [0.05, 0.1) is 0 Å². The van der Waals surface area contributed by atoms with Gasteiger partial charge in [0, 0.05) is 0 Å². The average molecular weight is 683 g/mol. The van der Waals surface area contributed by atoms with E-state index in [4.69, 9.17) is 0 Å². The van der Waals surface area contributed by atoms with Crippen LogP contribution < -0.4 is 0 Å². The summed E-state index contributed by atoms with van der Waals surface area (Å²) in [6.07, 6.45) is 2.20. The predicted octanol–water partition coefficient (Wildman–Crippen LogP) is 12.0. The van der Waals surface area contributed by atoms with E-state index in [0.717, 1.165) is 12.8 Å². The van der Waals surface area contributed by atoms with Gasteiger partial charge in [0.25, 0.3) is 0 Å². The first-order valence-electron chi connectivity index (χ1n) is 14.4. The zero-order chi connectivity index (χ0) is 29.6. The fourth-order valence-electron chi connectivity index (χ4n) is 5.08. The van der Waals surface area contributed by atoms with E-state index in [9.17, 15) is 0 Å². The third kappa shape index (κ3) is 10.9. The Labute approximate surface area is 294 Å². The Hall–Kier alpha value is -3.30. The molecule has 0 saturated carbocycles. The fourth-order valence-corrected chi connectivity index (χ4v) is 5.08. The van der Waals surface area contributed by atoms with Crippen LogP contribution in [0.1, 0.15) is 25.0 Å². The quantitative estimate of drug-likeness (QED) is 0.128. The van der Waals surface area contributed by atoms with Gasteiger partial charge in [0.1, 0.15) is 0 Å². The van der Waals surface area contributed by atoms with Crippen molar-refractivity contribution in [1.82, 2.24) is 0 Å². The molecule has 0 amide bonds. The third-order valence-electron chi connectivity index (χ3n) is 7.21. The molecule has 7 aromatic carbocycles. The number of hydrogen-bond acceptors (Lipinski definition) is 0. The van der Waals surface area contributed by atoms with Crippen LogP contribution in [0.3, 0.4) is 0 Å². The Morgan fingerprint density at radius 3 is 1.22 bits per heavy atom. The van der Waals surface area contributed by atoms with Crippen LogP contribution in [-0.4, -0.2) is 8.15 Å². The molecular weight excluding hydrogens is 642 g/mol. The van der Waals surface area contributed by atoms with Crippen molar-refractivity contribution in [3.63, 3.8) is 0 Å². The molecule has 0 spiro atoms. The first-order chi connectivity index (χ1) is 20.8. The molecule has 0 N–H and O–H groups in total. The monoisotopic (exact) mass is 681 g/mol. The van der Waals surface area contributed by atoms with Gasteiger partial charge in [-0.3, -0.25) is 0 Å². The van der Waals surface area contributed by atoms with Gasteiger partial charge in [0.2, 0.25) is 0 Å². The van der Waals surface area contributed by atoms with Crippen LogP contribution in [0.5, 0.6) is 0 Å². The Bertz CT molecular complexity index is 1630. The standard InChI is InChI=1S/2C17H15.C6H5.CH3.2ClH.Si.V/c2*1-2-13-11-15-9-6-10-16(17(15)12-13)14-7-4-3-5-8-14;1-2-4-6-5-3-1;;;;;/h2*3-12H,2H2,1H3;1-5H;1H3;2*1H;;/q4*-1;;;;. The molecule has 4 heteroatoms. The second kappa shape index (κ2) is 21.4. The number of benzene rings is 5. The summed E-state index contributed by atoms with van der Waals surface area (Å²) in [6.45, 7) is 4.41. The summed E-state index contributed by atoms with van der Waals surface area (Å²) in [5.41, 5.74) is 8.11. The van der Waals surface area contributed by atoms with E-state index in [1.807, 2.05) is 30.3 Å². The molecule has 7 rings (SSSR count). The molecule has 0 heterocycles. The molecule has 45 heavy (non-hydrogen) atoms. The van der Waals surface area contributed by atoms with E-state index in [2.05, 4.69) is 166 Å². The van der Waals surface area contributed by atoms with E-state index in [-0.39, 0.29) is 32.2 Å². The minimum absolute atomic E-state index is 0. The van der Waals surface area contributed by atoms with Crippen molar-refractivity contribution in [2.24, 2.45) is 0 Å². The maximum absolute atomic E-state index is 2.91. The summed E-state index contributed by atoms with van der Waals surface area (Å²) in [5.74, 6) is 0. The first-order valence-corrected chi connectivity index (χ1v) is 16.9. The molecule has 0 unspecified atom stereocenters. The molecule has 0 aliphatic heterocycles. The van der Waals surface area contributed by atoms with Crippen molar-refractivity contribution >= 4 is 54.5 Å². The van der Waals surface area contributed by atoms with Gasteiger partial charge in [-0.1, -0.05) is 97.8 Å². The molecule has 2 radical (unpaired) electrons. The zero-order valence-electron chi connectivity index (χ0n) is 26.1. The topological polar surface area (TPSA) is 0 Å². The van der Waals surface area contributed by atoms with E-state index in [0.29, 0.717) is 0 Å². The minimum Gasteiger partial charge on any atom is -0.184 e. The smallest absolute Gasteiger partial charge is 0.171 e. The van der Waals surface area contributed by atoms with Crippen molar-refractivity contribution < 1.29 is 16.3 Å². The van der Waals surface area contributed by atoms with Crippen LogP contribution in [0.25, 0.3) is 43.8 Å². The molecule has 0 fully saturated rings. The molecule has 0 aliphatic rings. The van der Waals surface area contributed by atoms with Crippen LogP contribution in [0.2, 0.25) is 0 Å². The molecule has 0 nitrogen and oxygen atoms in total. The van der Waals surface area contributed by atoms with E-state index in [1.165, 1.54) is 54.9 Å². The van der Waals surface area contributed by atoms with E-state index >= 15 is 0 Å². The Morgan fingerprint density at radius 2 is 0.911 bits per heavy atom. The number of halogens is 2. The van der Waals surface area contributed by atoms with Crippen molar-refractivity contribution in [1.29, 1.82) is 0 Å².